The van der Waals surface area contributed by atoms with Gasteiger partial charge in [-0.2, -0.15) is 5.10 Å². The van der Waals surface area contributed by atoms with Crippen LogP contribution in [0.5, 0.6) is 5.75 Å². The Labute approximate surface area is 113 Å². The lowest BCUT2D eigenvalue weighted by atomic mass is 10.0. The highest BCUT2D eigenvalue weighted by molar-refractivity contribution is 6.04. The van der Waals surface area contributed by atoms with Crippen molar-refractivity contribution in [3.05, 3.63) is 29.8 Å². The maximum absolute atomic E-state index is 11.0. The molecule has 1 aromatic carbocycles. The van der Waals surface area contributed by atoms with Gasteiger partial charge in [-0.1, -0.05) is 19.8 Å². The van der Waals surface area contributed by atoms with Gasteiger partial charge in [0.05, 0.1) is 12.3 Å². The fraction of sp³-hybridized carbons (Fsp3) is 0.467. The quantitative estimate of drug-likeness (QED) is 0.800. The molecule has 1 aromatic rings. The Hall–Kier alpha value is -1.84. The van der Waals surface area contributed by atoms with Crippen LogP contribution in [0.3, 0.4) is 0 Å². The third-order valence-corrected chi connectivity index (χ3v) is 3.11. The summed E-state index contributed by atoms with van der Waals surface area (Å²) in [5.41, 5.74) is 4.48. The van der Waals surface area contributed by atoms with Crippen molar-refractivity contribution in [3.63, 3.8) is 0 Å². The number of hydrazone groups is 1. The van der Waals surface area contributed by atoms with E-state index in [-0.39, 0.29) is 5.91 Å². The Bertz CT molecular complexity index is 452. The van der Waals surface area contributed by atoms with Gasteiger partial charge in [0.25, 0.3) is 0 Å². The van der Waals surface area contributed by atoms with E-state index in [4.69, 9.17) is 4.74 Å². The SMILES string of the molecule is CCCCCOc1ccc(C2=NNC(=O)CC2)cc1. The monoisotopic (exact) mass is 260 g/mol. The van der Waals surface area contributed by atoms with Gasteiger partial charge in [0.1, 0.15) is 5.75 Å². The van der Waals surface area contributed by atoms with Crippen molar-refractivity contribution < 1.29 is 9.53 Å². The lowest BCUT2D eigenvalue weighted by Gasteiger charge is -2.12. The van der Waals surface area contributed by atoms with E-state index in [1.165, 1.54) is 12.8 Å². The highest BCUT2D eigenvalue weighted by Crippen LogP contribution is 2.16. The van der Waals surface area contributed by atoms with Crippen molar-refractivity contribution in [2.75, 3.05) is 6.61 Å². The molecule has 0 bridgehead atoms. The Morgan fingerprint density at radius 2 is 2.00 bits per heavy atom. The maximum Gasteiger partial charge on any atom is 0.240 e. The van der Waals surface area contributed by atoms with E-state index in [0.29, 0.717) is 12.8 Å². The molecule has 1 amide bonds. The molecule has 4 nitrogen and oxygen atoms in total. The first-order valence-corrected chi connectivity index (χ1v) is 6.88. The Balaban J connectivity index is 1.89. The number of carbonyl (C=O) groups is 1. The normalized spacial score (nSPS) is 14.8. The molecule has 102 valence electrons. The molecule has 0 aliphatic carbocycles. The molecule has 2 rings (SSSR count). The molecule has 0 spiro atoms. The van der Waals surface area contributed by atoms with Gasteiger partial charge in [-0.3, -0.25) is 4.79 Å². The minimum Gasteiger partial charge on any atom is -0.494 e. The lowest BCUT2D eigenvalue weighted by Crippen LogP contribution is -2.25. The molecule has 0 unspecified atom stereocenters. The molecule has 4 heteroatoms. The topological polar surface area (TPSA) is 50.7 Å². The second kappa shape index (κ2) is 6.92. The third kappa shape index (κ3) is 4.09. The molecular formula is C15H20N2O2. The molecule has 1 N–H and O–H groups in total. The molecule has 0 saturated heterocycles. The fourth-order valence-electron chi connectivity index (χ4n) is 1.97. The number of rotatable bonds is 6. The van der Waals surface area contributed by atoms with Crippen molar-refractivity contribution in [1.29, 1.82) is 0 Å². The van der Waals surface area contributed by atoms with Gasteiger partial charge in [0.2, 0.25) is 5.91 Å². The van der Waals surface area contributed by atoms with Crippen molar-refractivity contribution in [1.82, 2.24) is 5.43 Å². The standard InChI is InChI=1S/C15H20N2O2/c1-2-3-4-11-19-13-7-5-12(6-8-13)14-9-10-15(18)17-16-14/h5-8H,2-4,9-11H2,1H3,(H,17,18). The van der Waals surface area contributed by atoms with E-state index < -0.39 is 0 Å². The summed E-state index contributed by atoms with van der Waals surface area (Å²) in [5.74, 6) is 0.875. The van der Waals surface area contributed by atoms with E-state index in [1.807, 2.05) is 24.3 Å². The van der Waals surface area contributed by atoms with E-state index in [0.717, 1.165) is 30.1 Å². The second-order valence-corrected chi connectivity index (χ2v) is 4.67. The maximum atomic E-state index is 11.0. The minimum absolute atomic E-state index is 0.0142. The van der Waals surface area contributed by atoms with Crippen LogP contribution in [0.15, 0.2) is 29.4 Å². The molecular weight excluding hydrogens is 240 g/mol. The van der Waals surface area contributed by atoms with Crippen LogP contribution in [-0.4, -0.2) is 18.2 Å². The van der Waals surface area contributed by atoms with E-state index >= 15 is 0 Å². The summed E-state index contributed by atoms with van der Waals surface area (Å²) in [4.78, 5) is 11.0. The highest BCUT2D eigenvalue weighted by atomic mass is 16.5. The lowest BCUT2D eigenvalue weighted by molar-refractivity contribution is -0.121. The van der Waals surface area contributed by atoms with Gasteiger partial charge < -0.3 is 4.74 Å². The number of nitrogens with one attached hydrogen (secondary N) is 1. The minimum atomic E-state index is -0.0142. The molecule has 0 atom stereocenters. The zero-order valence-corrected chi connectivity index (χ0v) is 11.3. The summed E-state index contributed by atoms with van der Waals surface area (Å²) in [6, 6.07) is 7.90. The largest absolute Gasteiger partial charge is 0.494 e. The van der Waals surface area contributed by atoms with Gasteiger partial charge in [0.15, 0.2) is 0 Å². The van der Waals surface area contributed by atoms with Crippen LogP contribution in [-0.2, 0) is 4.79 Å². The van der Waals surface area contributed by atoms with Crippen molar-refractivity contribution in [3.8, 4) is 5.75 Å². The summed E-state index contributed by atoms with van der Waals surface area (Å²) in [5, 5.41) is 4.07. The molecule has 1 aliphatic rings. The first-order valence-electron chi connectivity index (χ1n) is 6.88. The third-order valence-electron chi connectivity index (χ3n) is 3.11. The van der Waals surface area contributed by atoms with Crippen LogP contribution >= 0.6 is 0 Å². The number of hydrogen-bond acceptors (Lipinski definition) is 3. The van der Waals surface area contributed by atoms with Gasteiger partial charge >= 0.3 is 0 Å². The van der Waals surface area contributed by atoms with Crippen molar-refractivity contribution >= 4 is 11.6 Å². The van der Waals surface area contributed by atoms with Gasteiger partial charge in [-0.25, -0.2) is 5.43 Å². The van der Waals surface area contributed by atoms with Crippen LogP contribution in [0.2, 0.25) is 0 Å². The molecule has 0 aromatic heterocycles. The molecule has 0 radical (unpaired) electrons. The molecule has 19 heavy (non-hydrogen) atoms. The molecule has 0 saturated carbocycles. The highest BCUT2D eigenvalue weighted by Gasteiger charge is 2.12. The van der Waals surface area contributed by atoms with Crippen LogP contribution in [0.1, 0.15) is 44.6 Å². The number of benzene rings is 1. The summed E-state index contributed by atoms with van der Waals surface area (Å²) in [6.45, 7) is 2.95. The smallest absolute Gasteiger partial charge is 0.240 e. The Kier molecular flexibility index (Phi) is 4.95. The van der Waals surface area contributed by atoms with E-state index in [2.05, 4.69) is 17.5 Å². The predicted octanol–water partition coefficient (Wildman–Crippen LogP) is 2.87. The second-order valence-electron chi connectivity index (χ2n) is 4.67. The molecule has 1 aliphatic heterocycles. The number of ether oxygens (including phenoxy) is 1. The van der Waals surface area contributed by atoms with Crippen LogP contribution in [0, 0.1) is 0 Å². The van der Waals surface area contributed by atoms with Crippen molar-refractivity contribution in [2.24, 2.45) is 5.10 Å². The predicted molar refractivity (Wildman–Crippen MR) is 75.4 cm³/mol. The average molecular weight is 260 g/mol. The van der Waals surface area contributed by atoms with Crippen LogP contribution in [0.25, 0.3) is 0 Å². The van der Waals surface area contributed by atoms with E-state index in [9.17, 15) is 4.79 Å². The van der Waals surface area contributed by atoms with Crippen LogP contribution < -0.4 is 10.2 Å². The van der Waals surface area contributed by atoms with Gasteiger partial charge in [-0.15, -0.1) is 0 Å². The zero-order valence-electron chi connectivity index (χ0n) is 11.3. The first-order chi connectivity index (χ1) is 9.29. The van der Waals surface area contributed by atoms with Crippen molar-refractivity contribution in [2.45, 2.75) is 39.0 Å². The van der Waals surface area contributed by atoms with E-state index in [1.54, 1.807) is 0 Å². The van der Waals surface area contributed by atoms with Gasteiger partial charge in [0, 0.05) is 12.8 Å². The summed E-state index contributed by atoms with van der Waals surface area (Å²) in [7, 11) is 0. The number of unbranched alkanes of at least 4 members (excludes halogenated alkanes) is 2. The summed E-state index contributed by atoms with van der Waals surface area (Å²) >= 11 is 0. The Morgan fingerprint density at radius 3 is 2.63 bits per heavy atom. The fourth-order valence-corrected chi connectivity index (χ4v) is 1.97. The number of hydrogen-bond donors (Lipinski definition) is 1. The summed E-state index contributed by atoms with van der Waals surface area (Å²) < 4.78 is 5.66. The summed E-state index contributed by atoms with van der Waals surface area (Å²) in [6.07, 6.45) is 4.70. The molecule has 1 heterocycles. The molecule has 0 fully saturated rings. The number of amides is 1. The zero-order chi connectivity index (χ0) is 13.5. The first kappa shape index (κ1) is 13.6. The number of carbonyl (C=O) groups excluding carboxylic acids is 1. The Morgan fingerprint density at radius 1 is 1.21 bits per heavy atom. The average Bonchev–Trinajstić information content (AvgIpc) is 2.45. The number of nitrogens with zero attached hydrogens (tertiary/aromatic N) is 1. The van der Waals surface area contributed by atoms with Crippen LogP contribution in [0.4, 0.5) is 0 Å². The van der Waals surface area contributed by atoms with Gasteiger partial charge in [-0.05, 0) is 36.2 Å².